The topological polar surface area (TPSA) is 92.6 Å². The van der Waals surface area contributed by atoms with E-state index in [0.29, 0.717) is 27.0 Å². The average Bonchev–Trinajstić information content (AvgIpc) is 3.29. The van der Waals surface area contributed by atoms with Crippen LogP contribution >= 0.6 is 11.3 Å². The van der Waals surface area contributed by atoms with Gasteiger partial charge in [-0.2, -0.15) is 0 Å². The number of aromatic nitrogens is 2. The van der Waals surface area contributed by atoms with E-state index in [1.165, 1.54) is 16.2 Å². The zero-order valence-electron chi connectivity index (χ0n) is 18.2. The number of benzene rings is 2. The number of Topliss-reactive ketones (excluding diaryl/α,β-unsaturated/α-hetero) is 1. The Kier molecular flexibility index (Phi) is 5.80. The lowest BCUT2D eigenvalue weighted by Crippen LogP contribution is -2.29. The van der Waals surface area contributed by atoms with Crippen LogP contribution in [-0.2, 0) is 9.59 Å². The first-order valence-electron chi connectivity index (χ1n) is 10.2. The Morgan fingerprint density at radius 2 is 1.69 bits per heavy atom. The Morgan fingerprint density at radius 3 is 2.25 bits per heavy atom. The molecule has 0 radical (unpaired) electrons. The summed E-state index contributed by atoms with van der Waals surface area (Å²) in [6.45, 7) is 7.58. The van der Waals surface area contributed by atoms with Crippen molar-refractivity contribution in [2.45, 2.75) is 39.8 Å². The van der Waals surface area contributed by atoms with Crippen LogP contribution in [0, 0.1) is 13.8 Å². The van der Waals surface area contributed by atoms with Crippen molar-refractivity contribution in [2.24, 2.45) is 0 Å². The summed E-state index contributed by atoms with van der Waals surface area (Å²) in [4.78, 5) is 27.5. The molecular formula is C24H23N3O4S. The quantitative estimate of drug-likeness (QED) is 0.349. The minimum atomic E-state index is -0.811. The van der Waals surface area contributed by atoms with Gasteiger partial charge >= 0.3 is 5.91 Å². The molecule has 1 aliphatic rings. The number of carbonyl (C=O) groups excluding carboxylic acids is 2. The molecule has 1 amide bonds. The van der Waals surface area contributed by atoms with Crippen LogP contribution in [0.15, 0.2) is 54.1 Å². The van der Waals surface area contributed by atoms with Gasteiger partial charge < -0.3 is 9.84 Å². The van der Waals surface area contributed by atoms with E-state index in [1.807, 2.05) is 45.0 Å². The Morgan fingerprint density at radius 1 is 1.03 bits per heavy atom. The largest absolute Gasteiger partial charge is 0.507 e. The van der Waals surface area contributed by atoms with Gasteiger partial charge in [0.1, 0.15) is 16.5 Å². The number of hydrogen-bond donors (Lipinski definition) is 1. The van der Waals surface area contributed by atoms with Gasteiger partial charge in [-0.3, -0.25) is 14.5 Å². The summed E-state index contributed by atoms with van der Waals surface area (Å²) >= 11 is 1.22. The molecule has 3 aromatic rings. The fourth-order valence-electron chi connectivity index (χ4n) is 3.60. The molecule has 0 aliphatic carbocycles. The minimum absolute atomic E-state index is 0.0108. The van der Waals surface area contributed by atoms with E-state index in [1.54, 1.807) is 31.2 Å². The van der Waals surface area contributed by atoms with Gasteiger partial charge in [0.2, 0.25) is 5.13 Å². The lowest BCUT2D eigenvalue weighted by Gasteiger charge is -2.22. The van der Waals surface area contributed by atoms with Gasteiger partial charge in [-0.1, -0.05) is 41.2 Å². The zero-order chi connectivity index (χ0) is 23.0. The van der Waals surface area contributed by atoms with Crippen LogP contribution in [0.3, 0.4) is 0 Å². The molecule has 8 heteroatoms. The third-order valence-corrected chi connectivity index (χ3v) is 5.90. The highest BCUT2D eigenvalue weighted by Gasteiger charge is 2.48. The van der Waals surface area contributed by atoms with Gasteiger partial charge in [0.15, 0.2) is 0 Å². The maximum Gasteiger partial charge on any atom is 0.301 e. The molecule has 4 rings (SSSR count). The molecule has 2 heterocycles. The first-order valence-corrected chi connectivity index (χ1v) is 11.0. The van der Waals surface area contributed by atoms with Gasteiger partial charge in [-0.05, 0) is 57.5 Å². The summed E-state index contributed by atoms with van der Waals surface area (Å²) in [5.41, 5.74) is 2.18. The Balaban J connectivity index is 1.85. The van der Waals surface area contributed by atoms with Gasteiger partial charge in [0.05, 0.1) is 17.7 Å². The van der Waals surface area contributed by atoms with E-state index >= 15 is 0 Å². The lowest BCUT2D eigenvalue weighted by molar-refractivity contribution is -0.132. The lowest BCUT2D eigenvalue weighted by atomic mass is 9.95. The molecule has 0 saturated carbocycles. The molecule has 1 saturated heterocycles. The molecule has 2 aromatic carbocycles. The van der Waals surface area contributed by atoms with Crippen molar-refractivity contribution >= 4 is 33.9 Å². The van der Waals surface area contributed by atoms with Crippen LogP contribution in [0.1, 0.15) is 41.6 Å². The summed E-state index contributed by atoms with van der Waals surface area (Å²) in [6.07, 6.45) is 0.0108. The standard InChI is InChI=1S/C24H23N3O4S/c1-13(2)31-18-11-9-17(10-12-18)21(28)19-20(16-7-5-14(3)6-8-16)27(23(30)22(19)29)24-26-25-15(4)32-24/h5-13,20,28H,1-4H3/t20-/m0/s1. The average molecular weight is 450 g/mol. The highest BCUT2D eigenvalue weighted by molar-refractivity contribution is 7.15. The molecule has 164 valence electrons. The number of amides is 1. The van der Waals surface area contributed by atoms with Crippen molar-refractivity contribution in [3.63, 3.8) is 0 Å². The number of aliphatic hydroxyl groups excluding tert-OH is 1. The number of nitrogens with zero attached hydrogens (tertiary/aromatic N) is 3. The summed E-state index contributed by atoms with van der Waals surface area (Å²) < 4.78 is 5.65. The van der Waals surface area contributed by atoms with Crippen molar-refractivity contribution in [2.75, 3.05) is 4.90 Å². The molecule has 0 unspecified atom stereocenters. The van der Waals surface area contributed by atoms with Gasteiger partial charge in [0, 0.05) is 5.56 Å². The first kappa shape index (κ1) is 21.7. The van der Waals surface area contributed by atoms with E-state index in [4.69, 9.17) is 4.74 Å². The molecule has 0 spiro atoms. The second-order valence-corrected chi connectivity index (χ2v) is 9.03. The van der Waals surface area contributed by atoms with Crippen LogP contribution in [0.25, 0.3) is 5.76 Å². The van der Waals surface area contributed by atoms with E-state index in [0.717, 1.165) is 5.56 Å². The zero-order valence-corrected chi connectivity index (χ0v) is 19.0. The second kappa shape index (κ2) is 8.55. The minimum Gasteiger partial charge on any atom is -0.507 e. The van der Waals surface area contributed by atoms with Crippen molar-refractivity contribution in [1.82, 2.24) is 10.2 Å². The molecular weight excluding hydrogens is 426 g/mol. The van der Waals surface area contributed by atoms with Crippen molar-refractivity contribution in [1.29, 1.82) is 0 Å². The molecule has 1 aromatic heterocycles. The number of carbonyl (C=O) groups is 2. The number of ether oxygens (including phenoxy) is 1. The van der Waals surface area contributed by atoms with Crippen LogP contribution in [-0.4, -0.2) is 33.1 Å². The smallest absolute Gasteiger partial charge is 0.301 e. The molecule has 1 aliphatic heterocycles. The summed E-state index contributed by atoms with van der Waals surface area (Å²) in [6, 6.07) is 13.5. The number of ketones is 1. The molecule has 32 heavy (non-hydrogen) atoms. The Hall–Kier alpha value is -3.52. The molecule has 1 atom stereocenters. The summed E-state index contributed by atoms with van der Waals surface area (Å²) in [7, 11) is 0. The molecule has 1 fully saturated rings. The molecule has 0 bridgehead atoms. The Labute approximate surface area is 190 Å². The third-order valence-electron chi connectivity index (χ3n) is 5.06. The van der Waals surface area contributed by atoms with E-state index in [-0.39, 0.29) is 17.4 Å². The highest BCUT2D eigenvalue weighted by atomic mass is 32.1. The predicted octanol–water partition coefficient (Wildman–Crippen LogP) is 4.57. The van der Waals surface area contributed by atoms with Crippen LogP contribution in [0.5, 0.6) is 5.75 Å². The fraction of sp³-hybridized carbons (Fsp3) is 0.250. The van der Waals surface area contributed by atoms with Gasteiger partial charge in [-0.15, -0.1) is 10.2 Å². The predicted molar refractivity (Wildman–Crippen MR) is 123 cm³/mol. The first-order chi connectivity index (χ1) is 15.3. The van der Waals surface area contributed by atoms with Crippen molar-refractivity contribution < 1.29 is 19.4 Å². The monoisotopic (exact) mass is 449 g/mol. The second-order valence-electron chi connectivity index (χ2n) is 7.87. The third kappa shape index (κ3) is 4.01. The molecule has 1 N–H and O–H groups in total. The van der Waals surface area contributed by atoms with Gasteiger partial charge in [0.25, 0.3) is 5.78 Å². The van der Waals surface area contributed by atoms with Crippen LogP contribution < -0.4 is 9.64 Å². The van der Waals surface area contributed by atoms with E-state index < -0.39 is 17.7 Å². The van der Waals surface area contributed by atoms with Crippen LogP contribution in [0.4, 0.5) is 5.13 Å². The number of aliphatic hydroxyl groups is 1. The number of hydrogen-bond acceptors (Lipinski definition) is 7. The molecule has 7 nitrogen and oxygen atoms in total. The summed E-state index contributed by atoms with van der Waals surface area (Å²) in [5.74, 6) is -1.10. The maximum absolute atomic E-state index is 13.1. The SMILES string of the molecule is Cc1ccc([C@H]2C(=C(O)c3ccc(OC(C)C)cc3)C(=O)C(=O)N2c2nnc(C)s2)cc1. The number of rotatable bonds is 5. The number of aryl methyl sites for hydroxylation is 2. The maximum atomic E-state index is 13.1. The van der Waals surface area contributed by atoms with E-state index in [9.17, 15) is 14.7 Å². The van der Waals surface area contributed by atoms with Crippen LogP contribution in [0.2, 0.25) is 0 Å². The highest BCUT2D eigenvalue weighted by Crippen LogP contribution is 2.43. The fourth-order valence-corrected chi connectivity index (χ4v) is 4.31. The normalized spacial score (nSPS) is 17.9. The van der Waals surface area contributed by atoms with Crippen molar-refractivity contribution in [3.05, 3.63) is 75.8 Å². The number of anilines is 1. The summed E-state index contributed by atoms with van der Waals surface area (Å²) in [5, 5.41) is 20.2. The Bertz CT molecular complexity index is 1200. The van der Waals surface area contributed by atoms with Crippen molar-refractivity contribution in [3.8, 4) is 5.75 Å². The van der Waals surface area contributed by atoms with E-state index in [2.05, 4.69) is 10.2 Å². The van der Waals surface area contributed by atoms with Gasteiger partial charge in [-0.25, -0.2) is 0 Å².